The number of nitrogen functional groups attached to an aromatic ring is 1. The molecule has 3 nitrogen and oxygen atoms in total. The average molecular weight is 278 g/mol. The fourth-order valence-electron chi connectivity index (χ4n) is 1.78. The fourth-order valence-corrected chi connectivity index (χ4v) is 2.08. The summed E-state index contributed by atoms with van der Waals surface area (Å²) in [7, 11) is 0. The molecule has 0 saturated heterocycles. The first-order valence-electron chi connectivity index (χ1n) is 5.25. The molecule has 1 aromatic rings. The van der Waals surface area contributed by atoms with Crippen LogP contribution in [0.1, 0.15) is 5.69 Å². The molecule has 18 heavy (non-hydrogen) atoms. The second-order valence-electron chi connectivity index (χ2n) is 3.96. The Labute approximate surface area is 107 Å². The number of rotatable bonds is 3. The summed E-state index contributed by atoms with van der Waals surface area (Å²) in [6, 6.07) is 1.52. The van der Waals surface area contributed by atoms with Crippen LogP contribution in [0.5, 0.6) is 0 Å². The number of nitrogens with two attached hydrogens (primary N) is 1. The molecule has 2 rings (SSSR count). The van der Waals surface area contributed by atoms with Crippen molar-refractivity contribution >= 4 is 22.9 Å². The topological polar surface area (TPSA) is 42.1 Å². The summed E-state index contributed by atoms with van der Waals surface area (Å²) in [5, 5.41) is 0.329. The van der Waals surface area contributed by atoms with Gasteiger partial charge in [-0.1, -0.05) is 17.7 Å². The molecule has 0 saturated carbocycles. The summed E-state index contributed by atoms with van der Waals surface area (Å²) >= 11 is 5.96. The predicted octanol–water partition coefficient (Wildman–Crippen LogP) is 2.58. The highest BCUT2D eigenvalue weighted by Crippen LogP contribution is 2.28. The highest BCUT2D eigenvalue weighted by atomic mass is 35.5. The SMILES string of the molecule is Nc1cnc(C2=CCN(C(F)C(F)F)C2)c(Cl)c1. The molecule has 1 atom stereocenters. The zero-order valence-corrected chi connectivity index (χ0v) is 10.0. The zero-order valence-electron chi connectivity index (χ0n) is 9.28. The number of halogens is 4. The quantitative estimate of drug-likeness (QED) is 0.864. The van der Waals surface area contributed by atoms with E-state index in [1.54, 1.807) is 6.08 Å². The number of nitrogens with zero attached hydrogens (tertiary/aromatic N) is 2. The fraction of sp³-hybridized carbons (Fsp3) is 0.364. The Kier molecular flexibility index (Phi) is 3.77. The molecule has 0 fully saturated rings. The van der Waals surface area contributed by atoms with Gasteiger partial charge in [-0.3, -0.25) is 9.88 Å². The van der Waals surface area contributed by atoms with Crippen molar-refractivity contribution in [2.24, 2.45) is 0 Å². The number of hydrogen-bond acceptors (Lipinski definition) is 3. The highest BCUT2D eigenvalue weighted by molar-refractivity contribution is 6.32. The van der Waals surface area contributed by atoms with Crippen molar-refractivity contribution in [1.29, 1.82) is 0 Å². The molecule has 0 amide bonds. The van der Waals surface area contributed by atoms with Gasteiger partial charge in [0.25, 0.3) is 6.43 Å². The number of pyridine rings is 1. The van der Waals surface area contributed by atoms with Crippen LogP contribution in [0.4, 0.5) is 18.9 Å². The second-order valence-corrected chi connectivity index (χ2v) is 4.37. The lowest BCUT2D eigenvalue weighted by molar-refractivity contribution is -0.0353. The Bertz CT molecular complexity index is 479. The van der Waals surface area contributed by atoms with Gasteiger partial charge in [-0.2, -0.15) is 0 Å². The van der Waals surface area contributed by atoms with Gasteiger partial charge in [0.15, 0.2) is 0 Å². The van der Waals surface area contributed by atoms with Crippen LogP contribution in [-0.4, -0.2) is 35.7 Å². The first-order valence-corrected chi connectivity index (χ1v) is 5.63. The van der Waals surface area contributed by atoms with Crippen LogP contribution in [0, 0.1) is 0 Å². The van der Waals surface area contributed by atoms with E-state index >= 15 is 0 Å². The third-order valence-corrected chi connectivity index (χ3v) is 2.96. The lowest BCUT2D eigenvalue weighted by Gasteiger charge is -2.20. The van der Waals surface area contributed by atoms with Crippen molar-refractivity contribution in [3.05, 3.63) is 29.1 Å². The Morgan fingerprint density at radius 3 is 2.72 bits per heavy atom. The van der Waals surface area contributed by atoms with Gasteiger partial charge in [-0.15, -0.1) is 0 Å². The minimum Gasteiger partial charge on any atom is -0.397 e. The van der Waals surface area contributed by atoms with Gasteiger partial charge in [0.05, 0.1) is 22.6 Å². The maximum atomic E-state index is 13.2. The number of aromatic nitrogens is 1. The monoisotopic (exact) mass is 277 g/mol. The van der Waals surface area contributed by atoms with E-state index in [1.807, 2.05) is 0 Å². The molecule has 0 aliphatic carbocycles. The average Bonchev–Trinajstić information content (AvgIpc) is 2.77. The van der Waals surface area contributed by atoms with Crippen LogP contribution in [0.2, 0.25) is 5.02 Å². The normalized spacial score (nSPS) is 18.2. The van der Waals surface area contributed by atoms with Crippen molar-refractivity contribution in [2.75, 3.05) is 18.8 Å². The molecule has 0 aromatic carbocycles. The molecule has 2 heterocycles. The van der Waals surface area contributed by atoms with Crippen molar-refractivity contribution in [3.63, 3.8) is 0 Å². The summed E-state index contributed by atoms with van der Waals surface area (Å²) in [5.41, 5.74) is 7.00. The van der Waals surface area contributed by atoms with E-state index in [9.17, 15) is 13.2 Å². The summed E-state index contributed by atoms with van der Waals surface area (Å²) in [5.74, 6) is 0. The van der Waals surface area contributed by atoms with Crippen molar-refractivity contribution in [3.8, 4) is 0 Å². The Balaban J connectivity index is 2.13. The summed E-state index contributed by atoms with van der Waals surface area (Å²) in [6.07, 6.45) is -2.23. The molecule has 7 heteroatoms. The maximum Gasteiger partial charge on any atom is 0.282 e. The van der Waals surface area contributed by atoms with Crippen LogP contribution >= 0.6 is 11.6 Å². The summed E-state index contributed by atoms with van der Waals surface area (Å²) in [6.45, 7) is 0.172. The lowest BCUT2D eigenvalue weighted by Crippen LogP contribution is -2.35. The number of anilines is 1. The molecule has 1 aliphatic rings. The van der Waals surface area contributed by atoms with Gasteiger partial charge in [-0.25, -0.2) is 13.2 Å². The molecule has 1 aromatic heterocycles. The molecule has 0 radical (unpaired) electrons. The second kappa shape index (κ2) is 5.16. The van der Waals surface area contributed by atoms with Gasteiger partial charge in [0.2, 0.25) is 6.30 Å². The van der Waals surface area contributed by atoms with Gasteiger partial charge in [-0.05, 0) is 11.6 Å². The molecule has 0 bridgehead atoms. The number of hydrogen-bond donors (Lipinski definition) is 1. The minimum atomic E-state index is -3.02. The van der Waals surface area contributed by atoms with E-state index in [2.05, 4.69) is 4.98 Å². The molecule has 98 valence electrons. The molecular formula is C11H11ClF3N3. The van der Waals surface area contributed by atoms with Crippen molar-refractivity contribution in [2.45, 2.75) is 12.7 Å². The van der Waals surface area contributed by atoms with Crippen LogP contribution in [0.25, 0.3) is 5.57 Å². The molecule has 1 unspecified atom stereocenters. The Morgan fingerprint density at radius 1 is 1.39 bits per heavy atom. The third-order valence-electron chi connectivity index (χ3n) is 2.67. The highest BCUT2D eigenvalue weighted by Gasteiger charge is 2.30. The van der Waals surface area contributed by atoms with E-state index in [1.165, 1.54) is 12.3 Å². The van der Waals surface area contributed by atoms with Gasteiger partial charge >= 0.3 is 0 Å². The van der Waals surface area contributed by atoms with Gasteiger partial charge in [0, 0.05) is 13.1 Å². The predicted molar refractivity (Wildman–Crippen MR) is 64.1 cm³/mol. The van der Waals surface area contributed by atoms with E-state index in [0.717, 1.165) is 4.90 Å². The Morgan fingerprint density at radius 2 is 2.11 bits per heavy atom. The van der Waals surface area contributed by atoms with Crippen molar-refractivity contribution in [1.82, 2.24) is 9.88 Å². The molecule has 0 spiro atoms. The van der Waals surface area contributed by atoms with Crippen LogP contribution in [0.15, 0.2) is 18.3 Å². The first kappa shape index (κ1) is 13.2. The zero-order chi connectivity index (χ0) is 13.3. The minimum absolute atomic E-state index is 0.0577. The molecular weight excluding hydrogens is 267 g/mol. The van der Waals surface area contributed by atoms with E-state index < -0.39 is 12.7 Å². The molecule has 1 aliphatic heterocycles. The van der Waals surface area contributed by atoms with Crippen LogP contribution in [-0.2, 0) is 0 Å². The Hall–Kier alpha value is -1.27. The van der Waals surface area contributed by atoms with Crippen LogP contribution < -0.4 is 5.73 Å². The van der Waals surface area contributed by atoms with Crippen LogP contribution in [0.3, 0.4) is 0 Å². The van der Waals surface area contributed by atoms with Gasteiger partial charge in [0.1, 0.15) is 0 Å². The van der Waals surface area contributed by atoms with E-state index in [4.69, 9.17) is 17.3 Å². The first-order chi connectivity index (χ1) is 8.49. The maximum absolute atomic E-state index is 13.2. The number of alkyl halides is 3. The van der Waals surface area contributed by atoms with Crippen molar-refractivity contribution < 1.29 is 13.2 Å². The summed E-state index contributed by atoms with van der Waals surface area (Å²) < 4.78 is 37.6. The molecule has 2 N–H and O–H groups in total. The van der Waals surface area contributed by atoms with E-state index in [0.29, 0.717) is 22.0 Å². The van der Waals surface area contributed by atoms with Gasteiger partial charge < -0.3 is 5.73 Å². The standard InChI is InChI=1S/C11H11ClF3N3/c12-8-3-7(16)4-17-9(8)6-1-2-18(5-6)11(15)10(13)14/h1,3-4,10-11H,2,5,16H2. The largest absolute Gasteiger partial charge is 0.397 e. The lowest BCUT2D eigenvalue weighted by atomic mass is 10.2. The van der Waals surface area contributed by atoms with E-state index in [-0.39, 0.29) is 13.1 Å². The third kappa shape index (κ3) is 2.59. The summed E-state index contributed by atoms with van der Waals surface area (Å²) in [4.78, 5) is 5.06. The smallest absolute Gasteiger partial charge is 0.282 e.